The molecular weight excluding hydrogens is 293 g/mol. The van der Waals surface area contributed by atoms with Crippen molar-refractivity contribution in [3.63, 3.8) is 0 Å². The number of alkyl halides is 4. The van der Waals surface area contributed by atoms with Gasteiger partial charge in [0.2, 0.25) is 0 Å². The molecule has 0 aromatic heterocycles. The highest BCUT2D eigenvalue weighted by Crippen LogP contribution is 2.28. The lowest BCUT2D eigenvalue weighted by molar-refractivity contribution is -0.274. The Labute approximate surface area is 97.0 Å². The number of ketones is 1. The van der Waals surface area contributed by atoms with E-state index >= 15 is 0 Å². The van der Waals surface area contributed by atoms with Gasteiger partial charge in [0, 0.05) is 0 Å². The molecule has 0 aliphatic carbocycles. The van der Waals surface area contributed by atoms with E-state index in [9.17, 15) is 23.1 Å². The number of carbonyl (C=O) groups excluding carboxylic acids is 1. The Bertz CT molecular complexity index is 403. The van der Waals surface area contributed by atoms with E-state index < -0.39 is 17.9 Å². The minimum atomic E-state index is -4.83. The molecule has 0 radical (unpaired) electrons. The van der Waals surface area contributed by atoms with Gasteiger partial charge in [-0.3, -0.25) is 4.79 Å². The minimum Gasteiger partial charge on any atom is -0.507 e. The number of benzene rings is 1. The fourth-order valence-corrected chi connectivity index (χ4v) is 1.31. The molecule has 7 heteroatoms. The van der Waals surface area contributed by atoms with Gasteiger partial charge in [-0.2, -0.15) is 0 Å². The summed E-state index contributed by atoms with van der Waals surface area (Å²) in [6.07, 6.45) is -4.83. The van der Waals surface area contributed by atoms with Crippen molar-refractivity contribution in [2.24, 2.45) is 0 Å². The number of hydrogen-bond donors (Lipinski definition) is 1. The van der Waals surface area contributed by atoms with Crippen LogP contribution < -0.4 is 4.74 Å². The van der Waals surface area contributed by atoms with Crippen molar-refractivity contribution in [3.05, 3.63) is 23.8 Å². The molecule has 1 N–H and O–H groups in total. The van der Waals surface area contributed by atoms with Crippen molar-refractivity contribution in [3.8, 4) is 11.5 Å². The molecule has 0 bridgehead atoms. The number of aromatic hydroxyl groups is 1. The Balaban J connectivity index is 3.03. The number of halogens is 4. The first kappa shape index (κ1) is 12.8. The molecule has 1 aromatic carbocycles. The zero-order valence-electron chi connectivity index (χ0n) is 7.71. The van der Waals surface area contributed by atoms with Crippen molar-refractivity contribution in [1.29, 1.82) is 0 Å². The molecule has 0 atom stereocenters. The predicted octanol–water partition coefficient (Wildman–Crippen LogP) is 2.87. The fourth-order valence-electron chi connectivity index (χ4n) is 1.01. The van der Waals surface area contributed by atoms with Crippen LogP contribution in [-0.4, -0.2) is 22.6 Å². The van der Waals surface area contributed by atoms with E-state index in [-0.39, 0.29) is 16.6 Å². The molecule has 0 saturated carbocycles. The van der Waals surface area contributed by atoms with Crippen molar-refractivity contribution in [2.45, 2.75) is 6.36 Å². The van der Waals surface area contributed by atoms with Gasteiger partial charge in [0.05, 0.1) is 10.9 Å². The maximum absolute atomic E-state index is 11.9. The summed E-state index contributed by atoms with van der Waals surface area (Å²) in [5.41, 5.74) is -0.223. The van der Waals surface area contributed by atoms with Crippen LogP contribution in [0.1, 0.15) is 10.4 Å². The van der Waals surface area contributed by atoms with Crippen LogP contribution in [-0.2, 0) is 0 Å². The largest absolute Gasteiger partial charge is 0.573 e. The second kappa shape index (κ2) is 4.73. The summed E-state index contributed by atoms with van der Waals surface area (Å²) in [5.74, 6) is -1.47. The highest BCUT2D eigenvalue weighted by molar-refractivity contribution is 9.09. The standard InChI is InChI=1S/C9H6BrF3O3/c10-4-8(15)6-3-5(1-2-7(6)14)16-9(11,12)13/h1-3,14H,4H2. The topological polar surface area (TPSA) is 46.5 Å². The summed E-state index contributed by atoms with van der Waals surface area (Å²) in [6.45, 7) is 0. The van der Waals surface area contributed by atoms with Crippen LogP contribution in [0.15, 0.2) is 18.2 Å². The lowest BCUT2D eigenvalue weighted by atomic mass is 10.1. The predicted molar refractivity (Wildman–Crippen MR) is 52.9 cm³/mol. The molecule has 0 aliphatic rings. The Morgan fingerprint density at radius 2 is 2.06 bits per heavy atom. The Kier molecular flexibility index (Phi) is 3.79. The second-order valence-electron chi connectivity index (χ2n) is 2.78. The minimum absolute atomic E-state index is 0.101. The first-order valence-corrected chi connectivity index (χ1v) is 5.13. The van der Waals surface area contributed by atoms with Crippen LogP contribution >= 0.6 is 15.9 Å². The molecule has 0 saturated heterocycles. The Morgan fingerprint density at radius 3 is 2.56 bits per heavy atom. The fraction of sp³-hybridized carbons (Fsp3) is 0.222. The third kappa shape index (κ3) is 3.41. The van der Waals surface area contributed by atoms with Gasteiger partial charge in [-0.05, 0) is 18.2 Å². The third-order valence-electron chi connectivity index (χ3n) is 1.62. The van der Waals surface area contributed by atoms with Gasteiger partial charge in [-0.25, -0.2) is 0 Å². The maximum atomic E-state index is 11.9. The second-order valence-corrected chi connectivity index (χ2v) is 3.34. The van der Waals surface area contributed by atoms with Gasteiger partial charge in [0.1, 0.15) is 11.5 Å². The molecule has 1 rings (SSSR count). The number of phenolic OH excluding ortho intramolecular Hbond substituents is 1. The van der Waals surface area contributed by atoms with E-state index in [1.54, 1.807) is 0 Å². The molecular formula is C9H6BrF3O3. The first-order chi connectivity index (χ1) is 7.33. The van der Waals surface area contributed by atoms with Crippen LogP contribution in [0.3, 0.4) is 0 Å². The van der Waals surface area contributed by atoms with Crippen LogP contribution in [0.2, 0.25) is 0 Å². The summed E-state index contributed by atoms with van der Waals surface area (Å²) in [5, 5.41) is 9.16. The quantitative estimate of drug-likeness (QED) is 0.689. The van der Waals surface area contributed by atoms with Gasteiger partial charge < -0.3 is 9.84 Å². The SMILES string of the molecule is O=C(CBr)c1cc(OC(F)(F)F)ccc1O. The molecule has 88 valence electrons. The highest BCUT2D eigenvalue weighted by Gasteiger charge is 2.31. The molecule has 0 aliphatic heterocycles. The Morgan fingerprint density at radius 1 is 1.44 bits per heavy atom. The zero-order valence-corrected chi connectivity index (χ0v) is 9.30. The lowest BCUT2D eigenvalue weighted by Gasteiger charge is -2.10. The summed E-state index contributed by atoms with van der Waals surface area (Å²) in [4.78, 5) is 11.2. The van der Waals surface area contributed by atoms with Crippen molar-refractivity contribution >= 4 is 21.7 Å². The van der Waals surface area contributed by atoms with E-state index in [0.717, 1.165) is 18.2 Å². The van der Waals surface area contributed by atoms with Crippen LogP contribution in [0.5, 0.6) is 11.5 Å². The highest BCUT2D eigenvalue weighted by atomic mass is 79.9. The van der Waals surface area contributed by atoms with Crippen molar-refractivity contribution in [2.75, 3.05) is 5.33 Å². The van der Waals surface area contributed by atoms with Crippen LogP contribution in [0.4, 0.5) is 13.2 Å². The number of hydrogen-bond acceptors (Lipinski definition) is 3. The van der Waals surface area contributed by atoms with Gasteiger partial charge in [0.25, 0.3) is 0 Å². The normalized spacial score (nSPS) is 11.2. The van der Waals surface area contributed by atoms with E-state index in [2.05, 4.69) is 20.7 Å². The molecule has 0 fully saturated rings. The van der Waals surface area contributed by atoms with E-state index in [1.165, 1.54) is 0 Å². The van der Waals surface area contributed by atoms with Gasteiger partial charge in [0.15, 0.2) is 5.78 Å². The Hall–Kier alpha value is -1.24. The number of ether oxygens (including phenoxy) is 1. The molecule has 0 unspecified atom stereocenters. The van der Waals surface area contributed by atoms with E-state index in [4.69, 9.17) is 0 Å². The summed E-state index contributed by atoms with van der Waals surface area (Å²) in [6, 6.07) is 2.73. The lowest BCUT2D eigenvalue weighted by Crippen LogP contribution is -2.17. The van der Waals surface area contributed by atoms with E-state index in [0.29, 0.717) is 0 Å². The smallest absolute Gasteiger partial charge is 0.507 e. The third-order valence-corrected chi connectivity index (χ3v) is 2.13. The average Bonchev–Trinajstić information content (AvgIpc) is 2.18. The van der Waals surface area contributed by atoms with Gasteiger partial charge >= 0.3 is 6.36 Å². The maximum Gasteiger partial charge on any atom is 0.573 e. The first-order valence-electron chi connectivity index (χ1n) is 4.01. The van der Waals surface area contributed by atoms with Crippen LogP contribution in [0.25, 0.3) is 0 Å². The van der Waals surface area contributed by atoms with Crippen LogP contribution in [0, 0.1) is 0 Å². The van der Waals surface area contributed by atoms with Crippen molar-refractivity contribution in [1.82, 2.24) is 0 Å². The average molecular weight is 299 g/mol. The monoisotopic (exact) mass is 298 g/mol. The van der Waals surface area contributed by atoms with Gasteiger partial charge in [-0.15, -0.1) is 13.2 Å². The number of rotatable bonds is 3. The summed E-state index contributed by atoms with van der Waals surface area (Å²) < 4.78 is 39.2. The number of carbonyl (C=O) groups is 1. The number of Topliss-reactive ketones (excluding diaryl/α,β-unsaturated/α-hetero) is 1. The molecule has 3 nitrogen and oxygen atoms in total. The van der Waals surface area contributed by atoms with Crippen molar-refractivity contribution < 1.29 is 27.8 Å². The molecule has 16 heavy (non-hydrogen) atoms. The van der Waals surface area contributed by atoms with Gasteiger partial charge in [-0.1, -0.05) is 15.9 Å². The zero-order chi connectivity index (χ0) is 12.3. The molecule has 0 heterocycles. The number of phenols is 1. The van der Waals surface area contributed by atoms with E-state index in [1.807, 2.05) is 0 Å². The summed E-state index contributed by atoms with van der Waals surface area (Å²) in [7, 11) is 0. The molecule has 0 amide bonds. The summed E-state index contributed by atoms with van der Waals surface area (Å²) >= 11 is 2.85. The molecule has 0 spiro atoms. The molecule has 1 aromatic rings.